The molecule has 1 aromatic heterocycles. The zero-order valence-corrected chi connectivity index (χ0v) is 8.99. The molecule has 4 heteroatoms. The van der Waals surface area contributed by atoms with Crippen LogP contribution in [-0.2, 0) is 4.74 Å². The molecule has 0 aliphatic heterocycles. The Kier molecular flexibility index (Phi) is 2.66. The van der Waals surface area contributed by atoms with Gasteiger partial charge in [-0.1, -0.05) is 0 Å². The lowest BCUT2D eigenvalue weighted by Crippen LogP contribution is -2.10. The maximum atomic E-state index is 11.6. The van der Waals surface area contributed by atoms with Gasteiger partial charge in [0.05, 0.1) is 17.9 Å². The van der Waals surface area contributed by atoms with E-state index in [4.69, 9.17) is 4.74 Å². The van der Waals surface area contributed by atoms with E-state index in [0.29, 0.717) is 23.9 Å². The van der Waals surface area contributed by atoms with Crippen molar-refractivity contribution < 1.29 is 9.53 Å². The average Bonchev–Trinajstić information content (AvgIpc) is 3.01. The van der Waals surface area contributed by atoms with Gasteiger partial charge in [-0.25, -0.2) is 14.8 Å². The van der Waals surface area contributed by atoms with Gasteiger partial charge in [-0.3, -0.25) is 0 Å². The number of nitrogens with zero attached hydrogens (tertiary/aromatic N) is 2. The minimum atomic E-state index is -0.306. The topological polar surface area (TPSA) is 52.1 Å². The molecule has 0 N–H and O–H groups in total. The molecule has 2 rings (SSSR count). The van der Waals surface area contributed by atoms with Crippen molar-refractivity contribution in [3.8, 4) is 0 Å². The van der Waals surface area contributed by atoms with Crippen LogP contribution in [0.2, 0.25) is 0 Å². The quantitative estimate of drug-likeness (QED) is 0.708. The molecule has 15 heavy (non-hydrogen) atoms. The fourth-order valence-electron chi connectivity index (χ4n) is 1.52. The van der Waals surface area contributed by atoms with Gasteiger partial charge in [0, 0.05) is 12.1 Å². The van der Waals surface area contributed by atoms with E-state index in [-0.39, 0.29) is 5.97 Å². The summed E-state index contributed by atoms with van der Waals surface area (Å²) in [5.41, 5.74) is 1.39. The second kappa shape index (κ2) is 3.96. The molecule has 1 fully saturated rings. The number of rotatable bonds is 3. The third kappa shape index (κ3) is 2.14. The van der Waals surface area contributed by atoms with Gasteiger partial charge in [-0.05, 0) is 26.7 Å². The fourth-order valence-corrected chi connectivity index (χ4v) is 1.52. The summed E-state index contributed by atoms with van der Waals surface area (Å²) in [4.78, 5) is 20.0. The van der Waals surface area contributed by atoms with Crippen LogP contribution >= 0.6 is 0 Å². The summed E-state index contributed by atoms with van der Waals surface area (Å²) in [5.74, 6) is 0.843. The molecule has 0 unspecified atom stereocenters. The Morgan fingerprint density at radius 3 is 2.93 bits per heavy atom. The molecule has 1 heterocycles. The first-order valence-corrected chi connectivity index (χ1v) is 5.23. The van der Waals surface area contributed by atoms with Crippen molar-refractivity contribution in [3.05, 3.63) is 23.3 Å². The van der Waals surface area contributed by atoms with Gasteiger partial charge in [0.25, 0.3) is 0 Å². The predicted molar refractivity (Wildman–Crippen MR) is 54.7 cm³/mol. The van der Waals surface area contributed by atoms with Crippen LogP contribution < -0.4 is 0 Å². The SMILES string of the molecule is CCOC(=O)c1cnc(C)nc1C1CC1. The third-order valence-corrected chi connectivity index (χ3v) is 2.40. The number of ether oxygens (including phenoxy) is 1. The summed E-state index contributed by atoms with van der Waals surface area (Å²) < 4.78 is 4.97. The highest BCUT2D eigenvalue weighted by atomic mass is 16.5. The Morgan fingerprint density at radius 2 is 2.33 bits per heavy atom. The zero-order chi connectivity index (χ0) is 10.8. The van der Waals surface area contributed by atoms with E-state index in [9.17, 15) is 4.79 Å². The van der Waals surface area contributed by atoms with Crippen molar-refractivity contribution in [2.75, 3.05) is 6.61 Å². The Bertz CT molecular complexity index is 386. The summed E-state index contributed by atoms with van der Waals surface area (Å²) in [6.07, 6.45) is 3.81. The molecule has 0 saturated heterocycles. The minimum absolute atomic E-state index is 0.306. The predicted octanol–water partition coefficient (Wildman–Crippen LogP) is 1.84. The Balaban J connectivity index is 2.32. The van der Waals surface area contributed by atoms with Crippen LogP contribution in [0.1, 0.15) is 47.6 Å². The number of hydrogen-bond acceptors (Lipinski definition) is 4. The first-order valence-electron chi connectivity index (χ1n) is 5.23. The molecule has 0 atom stereocenters. The first-order chi connectivity index (χ1) is 7.22. The number of carbonyl (C=O) groups is 1. The lowest BCUT2D eigenvalue weighted by Gasteiger charge is -2.06. The Hall–Kier alpha value is -1.45. The molecular weight excluding hydrogens is 192 g/mol. The third-order valence-electron chi connectivity index (χ3n) is 2.40. The summed E-state index contributed by atoms with van der Waals surface area (Å²) in [6, 6.07) is 0. The van der Waals surface area contributed by atoms with Gasteiger partial charge in [0.1, 0.15) is 5.82 Å². The molecule has 1 aromatic rings. The summed E-state index contributed by atoms with van der Waals surface area (Å²) in [7, 11) is 0. The highest BCUT2D eigenvalue weighted by molar-refractivity contribution is 5.90. The molecule has 1 aliphatic rings. The van der Waals surface area contributed by atoms with Crippen molar-refractivity contribution >= 4 is 5.97 Å². The number of aryl methyl sites for hydroxylation is 1. The van der Waals surface area contributed by atoms with E-state index in [2.05, 4.69) is 9.97 Å². The van der Waals surface area contributed by atoms with E-state index >= 15 is 0 Å². The second-order valence-corrected chi connectivity index (χ2v) is 3.71. The molecule has 1 saturated carbocycles. The normalized spacial score (nSPS) is 15.1. The van der Waals surface area contributed by atoms with Crippen molar-refractivity contribution in [1.82, 2.24) is 9.97 Å². The Labute approximate surface area is 88.7 Å². The van der Waals surface area contributed by atoms with Crippen LogP contribution in [0.4, 0.5) is 0 Å². The van der Waals surface area contributed by atoms with Crippen LogP contribution in [0.5, 0.6) is 0 Å². The lowest BCUT2D eigenvalue weighted by atomic mass is 10.1. The highest BCUT2D eigenvalue weighted by Gasteiger charge is 2.30. The van der Waals surface area contributed by atoms with Crippen molar-refractivity contribution in [1.29, 1.82) is 0 Å². The molecule has 0 bridgehead atoms. The molecule has 0 spiro atoms. The van der Waals surface area contributed by atoms with E-state index in [0.717, 1.165) is 18.5 Å². The van der Waals surface area contributed by atoms with Gasteiger partial charge in [0.2, 0.25) is 0 Å². The summed E-state index contributed by atoms with van der Waals surface area (Å²) >= 11 is 0. The smallest absolute Gasteiger partial charge is 0.341 e. The van der Waals surface area contributed by atoms with Crippen LogP contribution in [0, 0.1) is 6.92 Å². The molecule has 0 amide bonds. The molecule has 0 aromatic carbocycles. The lowest BCUT2D eigenvalue weighted by molar-refractivity contribution is 0.0524. The average molecular weight is 206 g/mol. The maximum Gasteiger partial charge on any atom is 0.341 e. The van der Waals surface area contributed by atoms with Gasteiger partial charge >= 0.3 is 5.97 Å². The molecule has 4 nitrogen and oxygen atoms in total. The van der Waals surface area contributed by atoms with Gasteiger partial charge in [0.15, 0.2) is 0 Å². The van der Waals surface area contributed by atoms with Crippen LogP contribution in [0.15, 0.2) is 6.20 Å². The van der Waals surface area contributed by atoms with E-state index in [1.807, 2.05) is 6.92 Å². The van der Waals surface area contributed by atoms with Gasteiger partial charge < -0.3 is 4.74 Å². The zero-order valence-electron chi connectivity index (χ0n) is 8.99. The number of carbonyl (C=O) groups excluding carboxylic acids is 1. The largest absolute Gasteiger partial charge is 0.462 e. The van der Waals surface area contributed by atoms with Crippen LogP contribution in [0.3, 0.4) is 0 Å². The molecular formula is C11H14N2O2. The summed E-state index contributed by atoms with van der Waals surface area (Å²) in [6.45, 7) is 4.02. The second-order valence-electron chi connectivity index (χ2n) is 3.71. The first kappa shape index (κ1) is 10.1. The minimum Gasteiger partial charge on any atom is -0.462 e. The highest BCUT2D eigenvalue weighted by Crippen LogP contribution is 2.40. The maximum absolute atomic E-state index is 11.6. The van der Waals surface area contributed by atoms with E-state index < -0.39 is 0 Å². The number of aromatic nitrogens is 2. The molecule has 1 aliphatic carbocycles. The fraction of sp³-hybridized carbons (Fsp3) is 0.545. The molecule has 0 radical (unpaired) electrons. The van der Waals surface area contributed by atoms with Crippen LogP contribution in [-0.4, -0.2) is 22.5 Å². The van der Waals surface area contributed by atoms with Crippen molar-refractivity contribution in [3.63, 3.8) is 0 Å². The number of hydrogen-bond donors (Lipinski definition) is 0. The van der Waals surface area contributed by atoms with E-state index in [1.54, 1.807) is 13.1 Å². The van der Waals surface area contributed by atoms with Crippen molar-refractivity contribution in [2.45, 2.75) is 32.6 Å². The molecule has 80 valence electrons. The van der Waals surface area contributed by atoms with Gasteiger partial charge in [-0.2, -0.15) is 0 Å². The summed E-state index contributed by atoms with van der Waals surface area (Å²) in [5, 5.41) is 0. The van der Waals surface area contributed by atoms with Crippen LogP contribution in [0.25, 0.3) is 0 Å². The van der Waals surface area contributed by atoms with E-state index in [1.165, 1.54) is 0 Å². The van der Waals surface area contributed by atoms with Crippen molar-refractivity contribution in [2.24, 2.45) is 0 Å². The van der Waals surface area contributed by atoms with Gasteiger partial charge in [-0.15, -0.1) is 0 Å². The monoisotopic (exact) mass is 206 g/mol. The standard InChI is InChI=1S/C11H14N2O2/c1-3-15-11(14)9-6-12-7(2)13-10(9)8-4-5-8/h6,8H,3-5H2,1-2H3. The number of esters is 1. The Morgan fingerprint density at radius 1 is 1.60 bits per heavy atom.